The van der Waals surface area contributed by atoms with Gasteiger partial charge in [-0.1, -0.05) is 43.7 Å². The Hall–Kier alpha value is -1.19. The second-order valence-electron chi connectivity index (χ2n) is 10.1. The van der Waals surface area contributed by atoms with Crippen LogP contribution in [0.2, 0.25) is 0 Å². The third-order valence-corrected chi connectivity index (χ3v) is 8.19. The van der Waals surface area contributed by atoms with E-state index in [0.717, 1.165) is 6.42 Å². The number of carbonyl (C=O) groups excluding carboxylic acids is 1. The van der Waals surface area contributed by atoms with Crippen molar-refractivity contribution in [1.29, 1.82) is 0 Å². The summed E-state index contributed by atoms with van der Waals surface area (Å²) in [5, 5.41) is 19.8. The second-order valence-corrected chi connectivity index (χ2v) is 10.1. The van der Waals surface area contributed by atoms with Crippen LogP contribution in [0, 0.1) is 23.2 Å². The van der Waals surface area contributed by atoms with E-state index in [-0.39, 0.29) is 11.3 Å². The summed E-state index contributed by atoms with van der Waals surface area (Å²) in [6.45, 7) is 10.3. The highest BCUT2D eigenvalue weighted by atomic mass is 16.3. The summed E-state index contributed by atoms with van der Waals surface area (Å²) < 4.78 is 0. The number of fused-ring (bicyclic) bond motifs is 1. The highest BCUT2D eigenvalue weighted by Crippen LogP contribution is 2.59. The number of allylic oxidation sites excluding steroid dienone is 5. The molecule has 3 aliphatic rings. The third kappa shape index (κ3) is 4.77. The van der Waals surface area contributed by atoms with Gasteiger partial charge in [0.2, 0.25) is 0 Å². The topological polar surface area (TPSA) is 57.5 Å². The fraction of sp³-hybridized carbons (Fsp3) is 0.731. The van der Waals surface area contributed by atoms with Crippen LogP contribution in [-0.4, -0.2) is 28.2 Å². The van der Waals surface area contributed by atoms with Crippen LogP contribution in [0.25, 0.3) is 0 Å². The van der Waals surface area contributed by atoms with Crippen molar-refractivity contribution >= 4 is 5.78 Å². The summed E-state index contributed by atoms with van der Waals surface area (Å²) in [5.74, 6) is 0.964. The normalized spacial score (nSPS) is 36.1. The molecule has 2 N–H and O–H groups in total. The number of Topliss-reactive ketones (excluding diaryl/α,β-unsaturated/α-hetero) is 1. The molecule has 162 valence electrons. The Morgan fingerprint density at radius 2 is 1.86 bits per heavy atom. The molecule has 0 amide bonds. The van der Waals surface area contributed by atoms with E-state index in [1.165, 1.54) is 69.4 Å². The highest BCUT2D eigenvalue weighted by molar-refractivity contribution is 5.86. The Balaban J connectivity index is 1.72. The quantitative estimate of drug-likeness (QED) is 0.617. The molecule has 3 nitrogen and oxygen atoms in total. The summed E-state index contributed by atoms with van der Waals surface area (Å²) in [6, 6.07) is 0. The lowest BCUT2D eigenvalue weighted by Crippen LogP contribution is -2.38. The van der Waals surface area contributed by atoms with Crippen LogP contribution in [0.1, 0.15) is 85.0 Å². The molecule has 0 aromatic heterocycles. The molecule has 0 aliphatic heterocycles. The highest BCUT2D eigenvalue weighted by Gasteiger charge is 2.50. The number of carbonyl (C=O) groups is 1. The van der Waals surface area contributed by atoms with Crippen LogP contribution >= 0.6 is 0 Å². The van der Waals surface area contributed by atoms with Gasteiger partial charge in [0.1, 0.15) is 12.2 Å². The minimum absolute atomic E-state index is 0.249. The van der Waals surface area contributed by atoms with E-state index in [1.54, 1.807) is 5.57 Å². The summed E-state index contributed by atoms with van der Waals surface area (Å²) in [5.41, 5.74) is 4.61. The van der Waals surface area contributed by atoms with Gasteiger partial charge in [0, 0.05) is 0 Å². The zero-order chi connectivity index (χ0) is 21.2. The van der Waals surface area contributed by atoms with Gasteiger partial charge in [0.25, 0.3) is 0 Å². The molecule has 4 unspecified atom stereocenters. The van der Waals surface area contributed by atoms with Gasteiger partial charge in [0.05, 0.1) is 0 Å². The lowest BCUT2D eigenvalue weighted by Gasteiger charge is -2.44. The SMILES string of the molecule is C=C1CCCC/C1=C/C=C1\CCC[C@@]2(C)C1CCC2[C@H](C)CC(O)C(=O)C(C)O. The first-order chi connectivity index (χ1) is 13.7. The van der Waals surface area contributed by atoms with Crippen LogP contribution < -0.4 is 0 Å². The molecule has 3 heteroatoms. The fourth-order valence-electron chi connectivity index (χ4n) is 6.53. The predicted octanol–water partition coefficient (Wildman–Crippen LogP) is 5.52. The van der Waals surface area contributed by atoms with Crippen molar-refractivity contribution in [3.05, 3.63) is 35.5 Å². The van der Waals surface area contributed by atoms with Crippen molar-refractivity contribution in [2.45, 2.75) is 97.2 Å². The number of hydrogen-bond donors (Lipinski definition) is 2. The van der Waals surface area contributed by atoms with Crippen LogP contribution in [0.3, 0.4) is 0 Å². The second kappa shape index (κ2) is 9.31. The largest absolute Gasteiger partial charge is 0.386 e. The number of aliphatic hydroxyl groups excluding tert-OH is 2. The van der Waals surface area contributed by atoms with Crippen molar-refractivity contribution in [1.82, 2.24) is 0 Å². The molecule has 0 spiro atoms. The number of ketones is 1. The third-order valence-electron chi connectivity index (χ3n) is 8.19. The minimum atomic E-state index is -1.09. The van der Waals surface area contributed by atoms with E-state index in [4.69, 9.17) is 0 Å². The number of hydrogen-bond acceptors (Lipinski definition) is 3. The lowest BCUT2D eigenvalue weighted by atomic mass is 9.60. The minimum Gasteiger partial charge on any atom is -0.386 e. The van der Waals surface area contributed by atoms with E-state index in [0.29, 0.717) is 18.3 Å². The Kier molecular flexibility index (Phi) is 7.22. The number of rotatable bonds is 6. The molecule has 0 heterocycles. The summed E-state index contributed by atoms with van der Waals surface area (Å²) in [4.78, 5) is 11.9. The maximum absolute atomic E-state index is 11.9. The van der Waals surface area contributed by atoms with Crippen molar-refractivity contribution in [3.63, 3.8) is 0 Å². The maximum atomic E-state index is 11.9. The van der Waals surface area contributed by atoms with Crippen LogP contribution in [0.15, 0.2) is 35.5 Å². The predicted molar refractivity (Wildman–Crippen MR) is 118 cm³/mol. The van der Waals surface area contributed by atoms with Crippen molar-refractivity contribution in [3.8, 4) is 0 Å². The van der Waals surface area contributed by atoms with Gasteiger partial charge < -0.3 is 10.2 Å². The first-order valence-electron chi connectivity index (χ1n) is 11.7. The smallest absolute Gasteiger partial charge is 0.189 e. The van der Waals surface area contributed by atoms with E-state index in [9.17, 15) is 15.0 Å². The molecule has 0 aromatic carbocycles. The van der Waals surface area contributed by atoms with Crippen molar-refractivity contribution in [2.75, 3.05) is 0 Å². The van der Waals surface area contributed by atoms with Crippen molar-refractivity contribution < 1.29 is 15.0 Å². The molecule has 3 rings (SSSR count). The van der Waals surface area contributed by atoms with Crippen molar-refractivity contribution in [2.24, 2.45) is 23.2 Å². The van der Waals surface area contributed by atoms with Gasteiger partial charge in [-0.15, -0.1) is 0 Å². The lowest BCUT2D eigenvalue weighted by molar-refractivity contribution is -0.136. The van der Waals surface area contributed by atoms with E-state index in [1.807, 2.05) is 0 Å². The Labute approximate surface area is 177 Å². The molecule has 0 saturated heterocycles. The molecular formula is C26H40O3. The molecular weight excluding hydrogens is 360 g/mol. The Morgan fingerprint density at radius 3 is 2.55 bits per heavy atom. The van der Waals surface area contributed by atoms with Crippen LogP contribution in [0.5, 0.6) is 0 Å². The summed E-state index contributed by atoms with van der Waals surface area (Å²) in [6.07, 6.45) is 14.0. The van der Waals surface area contributed by atoms with Gasteiger partial charge in [0.15, 0.2) is 5.78 Å². The molecule has 3 fully saturated rings. The summed E-state index contributed by atoms with van der Waals surface area (Å²) in [7, 11) is 0. The molecule has 0 aromatic rings. The Bertz CT molecular complexity index is 686. The van der Waals surface area contributed by atoms with E-state index < -0.39 is 18.0 Å². The maximum Gasteiger partial charge on any atom is 0.189 e. The van der Waals surface area contributed by atoms with Gasteiger partial charge in [-0.2, -0.15) is 0 Å². The van der Waals surface area contributed by atoms with E-state index >= 15 is 0 Å². The molecule has 0 radical (unpaired) electrons. The average molecular weight is 401 g/mol. The van der Waals surface area contributed by atoms with E-state index in [2.05, 4.69) is 32.6 Å². The molecule has 6 atom stereocenters. The van der Waals surface area contributed by atoms with Gasteiger partial charge in [-0.25, -0.2) is 0 Å². The molecule has 3 aliphatic carbocycles. The Morgan fingerprint density at radius 1 is 1.14 bits per heavy atom. The van der Waals surface area contributed by atoms with Crippen LogP contribution in [-0.2, 0) is 4.79 Å². The first-order valence-corrected chi connectivity index (χ1v) is 11.7. The van der Waals surface area contributed by atoms with Gasteiger partial charge in [-0.3, -0.25) is 4.79 Å². The zero-order valence-electron chi connectivity index (χ0n) is 18.6. The summed E-state index contributed by atoms with van der Waals surface area (Å²) >= 11 is 0. The van der Waals surface area contributed by atoms with Crippen LogP contribution in [0.4, 0.5) is 0 Å². The zero-order valence-corrected chi connectivity index (χ0v) is 18.6. The fourth-order valence-corrected chi connectivity index (χ4v) is 6.53. The first kappa shape index (κ1) is 22.5. The standard InChI is InChI=1S/C26H40O3/c1-17-8-5-6-9-20(17)11-12-21-10-7-15-26(4)22(13-14-23(21)26)18(2)16-24(28)25(29)19(3)27/h11-12,18-19,22-24,27-28H,1,5-10,13-16H2,2-4H3/b20-11-,21-12+/t18-,19?,22?,23?,24?,26-/m1/s1. The number of aliphatic hydroxyl groups is 2. The monoisotopic (exact) mass is 400 g/mol. The van der Waals surface area contributed by atoms with Gasteiger partial charge >= 0.3 is 0 Å². The average Bonchev–Trinajstić information content (AvgIpc) is 3.04. The molecule has 3 saturated carbocycles. The molecule has 0 bridgehead atoms. The van der Waals surface area contributed by atoms with Gasteiger partial charge in [-0.05, 0) is 99.9 Å². The molecule has 29 heavy (non-hydrogen) atoms.